The van der Waals surface area contributed by atoms with Crippen LogP contribution in [0.2, 0.25) is 5.02 Å². The van der Waals surface area contributed by atoms with E-state index < -0.39 is 0 Å². The third kappa shape index (κ3) is 3.47. The lowest BCUT2D eigenvalue weighted by molar-refractivity contribution is 0.102. The van der Waals surface area contributed by atoms with Crippen LogP contribution in [-0.2, 0) is 0 Å². The Balaban J connectivity index is 1.54. The van der Waals surface area contributed by atoms with Gasteiger partial charge in [0.15, 0.2) is 0 Å². The van der Waals surface area contributed by atoms with E-state index in [1.54, 1.807) is 35.6 Å². The molecule has 0 fully saturated rings. The van der Waals surface area contributed by atoms with E-state index in [1.165, 1.54) is 10.3 Å². The van der Waals surface area contributed by atoms with E-state index in [4.69, 9.17) is 11.6 Å². The number of aromatic nitrogens is 1. The number of nitrogens with one attached hydrogen (secondary N) is 1. The van der Waals surface area contributed by atoms with Gasteiger partial charge in [0.05, 0.1) is 10.2 Å². The first kappa shape index (κ1) is 16.8. The van der Waals surface area contributed by atoms with Gasteiger partial charge in [-0.25, -0.2) is 4.98 Å². The molecule has 128 valence electrons. The zero-order valence-electron chi connectivity index (χ0n) is 14.0. The van der Waals surface area contributed by atoms with Crippen molar-refractivity contribution in [1.29, 1.82) is 0 Å². The molecule has 5 heteroatoms. The van der Waals surface area contributed by atoms with Gasteiger partial charge in [-0.1, -0.05) is 17.7 Å². The van der Waals surface area contributed by atoms with E-state index in [1.807, 2.05) is 30.3 Å². The Morgan fingerprint density at radius 3 is 2.46 bits per heavy atom. The van der Waals surface area contributed by atoms with Crippen molar-refractivity contribution < 1.29 is 4.79 Å². The van der Waals surface area contributed by atoms with Crippen LogP contribution in [0.15, 0.2) is 66.7 Å². The molecule has 1 amide bonds. The Morgan fingerprint density at radius 1 is 1.00 bits per heavy atom. The van der Waals surface area contributed by atoms with E-state index in [2.05, 4.69) is 29.4 Å². The number of carbonyl (C=O) groups excluding carboxylic acids is 1. The second-order valence-corrected chi connectivity index (χ2v) is 7.50. The Bertz CT molecular complexity index is 1090. The molecular weight excluding hydrogens is 364 g/mol. The highest BCUT2D eigenvalue weighted by atomic mass is 35.5. The van der Waals surface area contributed by atoms with Crippen molar-refractivity contribution in [2.75, 3.05) is 5.32 Å². The van der Waals surface area contributed by atoms with Crippen molar-refractivity contribution in [3.63, 3.8) is 0 Å². The van der Waals surface area contributed by atoms with Crippen molar-refractivity contribution in [3.8, 4) is 10.6 Å². The van der Waals surface area contributed by atoms with Crippen LogP contribution in [0.4, 0.5) is 5.69 Å². The normalized spacial score (nSPS) is 10.8. The molecule has 0 radical (unpaired) electrons. The fourth-order valence-corrected chi connectivity index (χ4v) is 3.85. The van der Waals surface area contributed by atoms with E-state index in [9.17, 15) is 4.79 Å². The van der Waals surface area contributed by atoms with Crippen LogP contribution in [0, 0.1) is 6.92 Å². The summed E-state index contributed by atoms with van der Waals surface area (Å²) in [4.78, 5) is 17.0. The molecule has 3 aromatic carbocycles. The first-order valence-electron chi connectivity index (χ1n) is 8.13. The standard InChI is InChI=1S/C21H15ClN2OS/c1-13-2-11-18-19(12-13)26-21(24-18)15-5-9-17(10-6-15)23-20(25)14-3-7-16(22)8-4-14/h2-12H,1H3,(H,23,25). The van der Waals surface area contributed by atoms with Crippen molar-refractivity contribution in [3.05, 3.63) is 82.9 Å². The molecule has 0 saturated heterocycles. The smallest absolute Gasteiger partial charge is 0.255 e. The number of anilines is 1. The van der Waals surface area contributed by atoms with Crippen molar-refractivity contribution in [2.24, 2.45) is 0 Å². The second-order valence-electron chi connectivity index (χ2n) is 6.03. The molecule has 1 N–H and O–H groups in total. The quantitative estimate of drug-likeness (QED) is 0.462. The number of rotatable bonds is 3. The summed E-state index contributed by atoms with van der Waals surface area (Å²) in [5, 5.41) is 4.47. The molecule has 26 heavy (non-hydrogen) atoms. The summed E-state index contributed by atoms with van der Waals surface area (Å²) in [6.45, 7) is 2.08. The summed E-state index contributed by atoms with van der Waals surface area (Å²) in [5.74, 6) is -0.162. The molecule has 0 aliphatic carbocycles. The summed E-state index contributed by atoms with van der Waals surface area (Å²) in [6, 6.07) is 20.8. The predicted octanol–water partition coefficient (Wildman–Crippen LogP) is 6.18. The number of carbonyl (C=O) groups is 1. The molecule has 1 aromatic heterocycles. The molecular formula is C21H15ClN2OS. The Kier molecular flexibility index (Phi) is 4.45. The van der Waals surface area contributed by atoms with Gasteiger partial charge in [-0.2, -0.15) is 0 Å². The van der Waals surface area contributed by atoms with Crippen LogP contribution in [0.5, 0.6) is 0 Å². The lowest BCUT2D eigenvalue weighted by atomic mass is 10.2. The predicted molar refractivity (Wildman–Crippen MR) is 109 cm³/mol. The summed E-state index contributed by atoms with van der Waals surface area (Å²) in [5.41, 5.74) is 4.59. The first-order chi connectivity index (χ1) is 12.6. The summed E-state index contributed by atoms with van der Waals surface area (Å²) < 4.78 is 1.18. The summed E-state index contributed by atoms with van der Waals surface area (Å²) >= 11 is 7.52. The molecule has 0 saturated carbocycles. The molecule has 3 nitrogen and oxygen atoms in total. The number of benzene rings is 3. The second kappa shape index (κ2) is 6.90. The maximum Gasteiger partial charge on any atom is 0.255 e. The molecule has 0 spiro atoms. The van der Waals surface area contributed by atoms with Gasteiger partial charge < -0.3 is 5.32 Å². The molecule has 0 unspecified atom stereocenters. The van der Waals surface area contributed by atoms with Gasteiger partial charge >= 0.3 is 0 Å². The van der Waals surface area contributed by atoms with E-state index >= 15 is 0 Å². The monoisotopic (exact) mass is 378 g/mol. The minimum absolute atomic E-state index is 0.162. The van der Waals surface area contributed by atoms with Gasteiger partial charge in [0.2, 0.25) is 0 Å². The summed E-state index contributed by atoms with van der Waals surface area (Å²) in [6.07, 6.45) is 0. The Labute approximate surface area is 160 Å². The molecule has 0 aliphatic rings. The first-order valence-corrected chi connectivity index (χ1v) is 9.32. The van der Waals surface area contributed by atoms with E-state index in [-0.39, 0.29) is 5.91 Å². The number of amides is 1. The maximum absolute atomic E-state index is 12.3. The minimum Gasteiger partial charge on any atom is -0.322 e. The van der Waals surface area contributed by atoms with Crippen molar-refractivity contribution in [2.45, 2.75) is 6.92 Å². The van der Waals surface area contributed by atoms with Crippen LogP contribution in [0.1, 0.15) is 15.9 Å². The van der Waals surface area contributed by atoms with Crippen LogP contribution >= 0.6 is 22.9 Å². The molecule has 0 bridgehead atoms. The van der Waals surface area contributed by atoms with Gasteiger partial charge in [-0.05, 0) is 73.2 Å². The van der Waals surface area contributed by atoms with Crippen LogP contribution in [0.3, 0.4) is 0 Å². The molecule has 0 aliphatic heterocycles. The molecule has 4 aromatic rings. The van der Waals surface area contributed by atoms with Crippen molar-refractivity contribution in [1.82, 2.24) is 4.98 Å². The maximum atomic E-state index is 12.3. The lowest BCUT2D eigenvalue weighted by Gasteiger charge is -2.06. The number of halogens is 1. The number of fused-ring (bicyclic) bond motifs is 1. The number of hydrogen-bond donors (Lipinski definition) is 1. The largest absolute Gasteiger partial charge is 0.322 e. The van der Waals surface area contributed by atoms with E-state index in [0.29, 0.717) is 10.6 Å². The number of aryl methyl sites for hydroxylation is 1. The van der Waals surface area contributed by atoms with E-state index in [0.717, 1.165) is 21.8 Å². The van der Waals surface area contributed by atoms with Crippen LogP contribution < -0.4 is 5.32 Å². The molecule has 0 atom stereocenters. The van der Waals surface area contributed by atoms with Gasteiger partial charge in [-0.3, -0.25) is 4.79 Å². The number of nitrogens with zero attached hydrogens (tertiary/aromatic N) is 1. The molecule has 4 rings (SSSR count). The van der Waals surface area contributed by atoms with Gasteiger partial charge in [0, 0.05) is 21.8 Å². The van der Waals surface area contributed by atoms with Crippen molar-refractivity contribution >= 4 is 44.7 Å². The number of hydrogen-bond acceptors (Lipinski definition) is 3. The zero-order valence-corrected chi connectivity index (χ0v) is 15.6. The Morgan fingerprint density at radius 2 is 1.73 bits per heavy atom. The average molecular weight is 379 g/mol. The third-order valence-corrected chi connectivity index (χ3v) is 5.36. The topological polar surface area (TPSA) is 42.0 Å². The fraction of sp³-hybridized carbons (Fsp3) is 0.0476. The van der Waals surface area contributed by atoms with Crippen LogP contribution in [0.25, 0.3) is 20.8 Å². The average Bonchev–Trinajstić information content (AvgIpc) is 3.06. The highest BCUT2D eigenvalue weighted by molar-refractivity contribution is 7.21. The minimum atomic E-state index is -0.162. The van der Waals surface area contributed by atoms with Gasteiger partial charge in [-0.15, -0.1) is 11.3 Å². The molecule has 1 heterocycles. The van der Waals surface area contributed by atoms with Gasteiger partial charge in [0.1, 0.15) is 5.01 Å². The fourth-order valence-electron chi connectivity index (χ4n) is 2.66. The van der Waals surface area contributed by atoms with Gasteiger partial charge in [0.25, 0.3) is 5.91 Å². The number of thiazole rings is 1. The SMILES string of the molecule is Cc1ccc2nc(-c3ccc(NC(=O)c4ccc(Cl)cc4)cc3)sc2c1. The van der Waals surface area contributed by atoms with Crippen LogP contribution in [-0.4, -0.2) is 10.9 Å². The Hall–Kier alpha value is -2.69. The zero-order chi connectivity index (χ0) is 18.1. The third-order valence-electron chi connectivity index (χ3n) is 4.04. The lowest BCUT2D eigenvalue weighted by Crippen LogP contribution is -2.11. The summed E-state index contributed by atoms with van der Waals surface area (Å²) in [7, 11) is 0. The highest BCUT2D eigenvalue weighted by Crippen LogP contribution is 2.31. The highest BCUT2D eigenvalue weighted by Gasteiger charge is 2.08.